The molecule has 8 heteroatoms. The monoisotopic (exact) mass is 399 g/mol. The van der Waals surface area contributed by atoms with E-state index in [1.807, 2.05) is 6.07 Å². The summed E-state index contributed by atoms with van der Waals surface area (Å²) in [4.78, 5) is 7.29. The maximum Gasteiger partial charge on any atom is 0.191 e. The first-order valence-electron chi connectivity index (χ1n) is 11.1. The van der Waals surface area contributed by atoms with Gasteiger partial charge in [0.05, 0.1) is 12.3 Å². The number of aliphatic imine (C=N–C) groups is 1. The number of fused-ring (bicyclic) bond motifs is 1. The second kappa shape index (κ2) is 9.91. The number of aryl methyl sites for hydroxylation is 1. The molecule has 8 nitrogen and oxygen atoms in total. The van der Waals surface area contributed by atoms with Gasteiger partial charge in [0.15, 0.2) is 11.8 Å². The van der Waals surface area contributed by atoms with E-state index < -0.39 is 0 Å². The number of likely N-dealkylation sites (tertiary alicyclic amines) is 1. The molecule has 1 unspecified atom stereocenters. The predicted octanol–water partition coefficient (Wildman–Crippen LogP) is 2.49. The summed E-state index contributed by atoms with van der Waals surface area (Å²) in [5.41, 5.74) is 0. The number of furan rings is 1. The number of hydrogen-bond acceptors (Lipinski definition) is 5. The Kier molecular flexibility index (Phi) is 6.82. The molecule has 0 spiro atoms. The molecule has 1 atom stereocenters. The van der Waals surface area contributed by atoms with Crippen LogP contribution in [0.15, 0.2) is 27.8 Å². The van der Waals surface area contributed by atoms with Gasteiger partial charge in [0, 0.05) is 26.1 Å². The third kappa shape index (κ3) is 4.98. The zero-order valence-corrected chi connectivity index (χ0v) is 17.4. The van der Waals surface area contributed by atoms with Crippen LogP contribution in [-0.2, 0) is 19.5 Å². The summed E-state index contributed by atoms with van der Waals surface area (Å²) in [5, 5.41) is 15.7. The molecule has 1 fully saturated rings. The Balaban J connectivity index is 1.42. The molecule has 158 valence electrons. The van der Waals surface area contributed by atoms with Crippen LogP contribution in [0.1, 0.15) is 62.5 Å². The van der Waals surface area contributed by atoms with E-state index in [9.17, 15) is 0 Å². The first kappa shape index (κ1) is 19.9. The molecule has 4 rings (SSSR count). The molecule has 2 N–H and O–H groups in total. The van der Waals surface area contributed by atoms with E-state index in [1.54, 1.807) is 6.26 Å². The number of nitrogens with one attached hydrogen (secondary N) is 2. The molecule has 0 aromatic carbocycles. The summed E-state index contributed by atoms with van der Waals surface area (Å²) in [6.45, 7) is 7.45. The Morgan fingerprint density at radius 1 is 1.14 bits per heavy atom. The van der Waals surface area contributed by atoms with Gasteiger partial charge in [0.2, 0.25) is 0 Å². The zero-order valence-electron chi connectivity index (χ0n) is 17.4. The normalized spacial score (nSPS) is 19.0. The van der Waals surface area contributed by atoms with Crippen LogP contribution in [0.4, 0.5) is 0 Å². The van der Waals surface area contributed by atoms with E-state index in [4.69, 9.17) is 9.41 Å². The smallest absolute Gasteiger partial charge is 0.191 e. The van der Waals surface area contributed by atoms with Crippen LogP contribution in [0.25, 0.3) is 0 Å². The minimum atomic E-state index is 0.223. The molecule has 29 heavy (non-hydrogen) atoms. The van der Waals surface area contributed by atoms with Gasteiger partial charge in [0.25, 0.3) is 0 Å². The molecule has 0 saturated carbocycles. The fraction of sp³-hybridized carbons (Fsp3) is 0.667. The first-order valence-corrected chi connectivity index (χ1v) is 11.1. The summed E-state index contributed by atoms with van der Waals surface area (Å²) in [5.74, 6) is 3.89. The number of hydrogen-bond donors (Lipinski definition) is 2. The van der Waals surface area contributed by atoms with Crippen LogP contribution in [0.2, 0.25) is 0 Å². The van der Waals surface area contributed by atoms with E-state index in [0.717, 1.165) is 62.5 Å². The maximum absolute atomic E-state index is 5.73. The standard InChI is InChI=1S/C21H33N7O/c1-2-22-21(24-16-20-26-25-19-10-4-3-5-13-28(19)20)23-15-17(18-9-8-14-29-18)27-11-6-7-12-27/h8-9,14,17H,2-7,10-13,15-16H2,1H3,(H2,22,23,24). The van der Waals surface area contributed by atoms with Gasteiger partial charge in [-0.15, -0.1) is 10.2 Å². The molecule has 0 bridgehead atoms. The van der Waals surface area contributed by atoms with Gasteiger partial charge in [-0.2, -0.15) is 0 Å². The number of rotatable bonds is 7. The Morgan fingerprint density at radius 3 is 2.79 bits per heavy atom. The van der Waals surface area contributed by atoms with Crippen molar-refractivity contribution < 1.29 is 4.42 Å². The van der Waals surface area contributed by atoms with E-state index in [2.05, 4.69) is 43.3 Å². The lowest BCUT2D eigenvalue weighted by molar-refractivity contribution is 0.215. The summed E-state index contributed by atoms with van der Waals surface area (Å²) in [7, 11) is 0. The van der Waals surface area contributed by atoms with Crippen molar-refractivity contribution >= 4 is 5.96 Å². The lowest BCUT2D eigenvalue weighted by atomic mass is 10.2. The average molecular weight is 400 g/mol. The second-order valence-electron chi connectivity index (χ2n) is 7.85. The second-order valence-corrected chi connectivity index (χ2v) is 7.85. The van der Waals surface area contributed by atoms with Crippen LogP contribution in [-0.4, -0.2) is 51.8 Å². The number of guanidine groups is 1. The van der Waals surface area contributed by atoms with Crippen molar-refractivity contribution in [3.8, 4) is 0 Å². The molecule has 0 aliphatic carbocycles. The molecule has 1 saturated heterocycles. The molecule has 4 heterocycles. The molecule has 0 radical (unpaired) electrons. The Bertz CT molecular complexity index is 777. The van der Waals surface area contributed by atoms with Crippen molar-refractivity contribution in [2.24, 2.45) is 4.99 Å². The molecule has 2 aromatic rings. The summed E-state index contributed by atoms with van der Waals surface area (Å²) in [6, 6.07) is 4.26. The molecule has 0 amide bonds. The fourth-order valence-electron chi connectivity index (χ4n) is 4.29. The van der Waals surface area contributed by atoms with E-state index in [-0.39, 0.29) is 6.04 Å². The lowest BCUT2D eigenvalue weighted by Crippen LogP contribution is -2.42. The Labute approximate surface area is 172 Å². The Morgan fingerprint density at radius 2 is 2.00 bits per heavy atom. The van der Waals surface area contributed by atoms with Gasteiger partial charge in [-0.3, -0.25) is 4.90 Å². The Hall–Kier alpha value is -2.35. The highest BCUT2D eigenvalue weighted by molar-refractivity contribution is 5.79. The largest absolute Gasteiger partial charge is 0.468 e. The highest BCUT2D eigenvalue weighted by atomic mass is 16.3. The van der Waals surface area contributed by atoms with Crippen molar-refractivity contribution in [3.63, 3.8) is 0 Å². The molecular weight excluding hydrogens is 366 g/mol. The minimum absolute atomic E-state index is 0.223. The van der Waals surface area contributed by atoms with Crippen molar-refractivity contribution in [3.05, 3.63) is 35.8 Å². The van der Waals surface area contributed by atoms with Crippen LogP contribution in [0.3, 0.4) is 0 Å². The number of nitrogens with zero attached hydrogens (tertiary/aromatic N) is 5. The molecule has 2 aliphatic heterocycles. The zero-order chi connectivity index (χ0) is 19.9. The quantitative estimate of drug-likeness (QED) is 0.550. The fourth-order valence-corrected chi connectivity index (χ4v) is 4.29. The SMILES string of the molecule is CCNC(=NCc1nnc2n1CCCCC2)NCC(c1ccco1)N1CCCC1. The highest BCUT2D eigenvalue weighted by Gasteiger charge is 2.25. The molecular formula is C21H33N7O. The van der Waals surface area contributed by atoms with Crippen molar-refractivity contribution in [2.45, 2.75) is 64.6 Å². The van der Waals surface area contributed by atoms with Crippen LogP contribution in [0.5, 0.6) is 0 Å². The van der Waals surface area contributed by atoms with E-state index >= 15 is 0 Å². The van der Waals surface area contributed by atoms with Crippen LogP contribution in [0, 0.1) is 0 Å². The van der Waals surface area contributed by atoms with Crippen molar-refractivity contribution in [1.82, 2.24) is 30.3 Å². The van der Waals surface area contributed by atoms with Gasteiger partial charge in [0.1, 0.15) is 18.1 Å². The van der Waals surface area contributed by atoms with E-state index in [1.165, 1.54) is 32.1 Å². The first-order chi connectivity index (χ1) is 14.3. The molecule has 2 aliphatic rings. The lowest BCUT2D eigenvalue weighted by Gasteiger charge is -2.26. The van der Waals surface area contributed by atoms with Crippen molar-refractivity contribution in [2.75, 3.05) is 26.2 Å². The van der Waals surface area contributed by atoms with Gasteiger partial charge in [-0.05, 0) is 57.8 Å². The summed E-state index contributed by atoms with van der Waals surface area (Å²) < 4.78 is 7.99. The third-order valence-corrected chi connectivity index (χ3v) is 5.82. The predicted molar refractivity (Wildman–Crippen MR) is 113 cm³/mol. The van der Waals surface area contributed by atoms with Gasteiger partial charge in [-0.1, -0.05) is 6.42 Å². The topological polar surface area (TPSA) is 83.5 Å². The summed E-state index contributed by atoms with van der Waals surface area (Å²) >= 11 is 0. The summed E-state index contributed by atoms with van der Waals surface area (Å²) in [6.07, 6.45) is 8.95. The van der Waals surface area contributed by atoms with Crippen LogP contribution < -0.4 is 10.6 Å². The maximum atomic E-state index is 5.73. The van der Waals surface area contributed by atoms with Crippen molar-refractivity contribution in [1.29, 1.82) is 0 Å². The average Bonchev–Trinajstić information content (AvgIpc) is 3.48. The highest BCUT2D eigenvalue weighted by Crippen LogP contribution is 2.24. The minimum Gasteiger partial charge on any atom is -0.468 e. The van der Waals surface area contributed by atoms with Crippen LogP contribution >= 0.6 is 0 Å². The molecule has 2 aromatic heterocycles. The van der Waals surface area contributed by atoms with Gasteiger partial charge >= 0.3 is 0 Å². The van der Waals surface area contributed by atoms with Gasteiger partial charge in [-0.25, -0.2) is 4.99 Å². The third-order valence-electron chi connectivity index (χ3n) is 5.82. The van der Waals surface area contributed by atoms with E-state index in [0.29, 0.717) is 6.54 Å². The van der Waals surface area contributed by atoms with Gasteiger partial charge < -0.3 is 19.6 Å². The number of aromatic nitrogens is 3.